The Morgan fingerprint density at radius 3 is 2.25 bits per heavy atom. The molecule has 84 valence electrons. The Bertz CT molecular complexity index is 475. The number of hydrogen-bond donors (Lipinski definition) is 0. The third kappa shape index (κ3) is 1.87. The topological polar surface area (TPSA) is 17.8 Å². The van der Waals surface area contributed by atoms with E-state index in [1.807, 2.05) is 24.4 Å². The Hall–Kier alpha value is -1.57. The molecule has 0 saturated heterocycles. The maximum absolute atomic E-state index is 4.52. The Kier molecular flexibility index (Phi) is 2.58. The van der Waals surface area contributed by atoms with E-state index in [0.29, 0.717) is 0 Å². The summed E-state index contributed by atoms with van der Waals surface area (Å²) in [7, 11) is 0. The number of aromatic nitrogens is 2. The Morgan fingerprint density at radius 1 is 1.06 bits per heavy atom. The van der Waals surface area contributed by atoms with E-state index in [1.54, 1.807) is 0 Å². The molecule has 0 bridgehead atoms. The third-order valence-electron chi connectivity index (χ3n) is 2.64. The third-order valence-corrected chi connectivity index (χ3v) is 2.64. The molecule has 0 spiro atoms. The van der Waals surface area contributed by atoms with Crippen LogP contribution in [0.5, 0.6) is 0 Å². The Balaban J connectivity index is 2.60. The number of aryl methyl sites for hydroxylation is 1. The minimum absolute atomic E-state index is 0.0613. The van der Waals surface area contributed by atoms with Gasteiger partial charge in [0.25, 0.3) is 0 Å². The number of rotatable bonds is 1. The van der Waals surface area contributed by atoms with Gasteiger partial charge in [-0.25, -0.2) is 4.98 Å². The molecule has 0 N–H and O–H groups in total. The van der Waals surface area contributed by atoms with Gasteiger partial charge in [-0.05, 0) is 27.7 Å². The molecular weight excluding hydrogens is 196 g/mol. The van der Waals surface area contributed by atoms with E-state index in [9.17, 15) is 0 Å². The molecule has 0 radical (unpaired) electrons. The Morgan fingerprint density at radius 2 is 1.69 bits per heavy atom. The van der Waals surface area contributed by atoms with E-state index in [1.165, 1.54) is 11.3 Å². The highest BCUT2D eigenvalue weighted by Gasteiger charge is 2.20. The molecule has 0 unspecified atom stereocenters. The molecule has 2 aromatic rings. The van der Waals surface area contributed by atoms with E-state index in [2.05, 4.69) is 49.4 Å². The standard InChI is InChI=1S/C14H18N2/c1-11-10-15-13(16(11)14(2,3)4)12-8-6-5-7-9-12/h5-10H,1-4H3. The van der Waals surface area contributed by atoms with E-state index in [0.717, 1.165) is 5.82 Å². The zero-order valence-corrected chi connectivity index (χ0v) is 10.4. The van der Waals surface area contributed by atoms with Gasteiger partial charge in [-0.1, -0.05) is 30.3 Å². The van der Waals surface area contributed by atoms with Crippen molar-refractivity contribution < 1.29 is 0 Å². The summed E-state index contributed by atoms with van der Waals surface area (Å²) < 4.78 is 2.28. The van der Waals surface area contributed by atoms with Crippen molar-refractivity contribution >= 4 is 0 Å². The average molecular weight is 214 g/mol. The number of imidazole rings is 1. The van der Waals surface area contributed by atoms with E-state index < -0.39 is 0 Å². The van der Waals surface area contributed by atoms with Gasteiger partial charge in [-0.2, -0.15) is 0 Å². The largest absolute Gasteiger partial charge is 0.323 e. The minimum Gasteiger partial charge on any atom is -0.323 e. The summed E-state index contributed by atoms with van der Waals surface area (Å²) in [6.07, 6.45) is 1.94. The highest BCUT2D eigenvalue weighted by atomic mass is 15.1. The average Bonchev–Trinajstić information content (AvgIpc) is 2.61. The molecule has 2 heteroatoms. The Labute approximate surface area is 97.0 Å². The summed E-state index contributed by atoms with van der Waals surface area (Å²) in [5.74, 6) is 1.05. The van der Waals surface area contributed by atoms with Crippen LogP contribution in [0.1, 0.15) is 26.5 Å². The van der Waals surface area contributed by atoms with Crippen molar-refractivity contribution in [2.45, 2.75) is 33.2 Å². The second-order valence-electron chi connectivity index (χ2n) is 5.10. The molecule has 16 heavy (non-hydrogen) atoms. The van der Waals surface area contributed by atoms with Gasteiger partial charge in [0.2, 0.25) is 0 Å². The maximum atomic E-state index is 4.52. The monoisotopic (exact) mass is 214 g/mol. The van der Waals surface area contributed by atoms with Crippen molar-refractivity contribution in [2.24, 2.45) is 0 Å². The van der Waals surface area contributed by atoms with Gasteiger partial charge in [-0.3, -0.25) is 0 Å². The zero-order valence-electron chi connectivity index (χ0n) is 10.4. The molecule has 0 aliphatic carbocycles. The van der Waals surface area contributed by atoms with E-state index >= 15 is 0 Å². The van der Waals surface area contributed by atoms with Gasteiger partial charge < -0.3 is 4.57 Å². The van der Waals surface area contributed by atoms with Crippen LogP contribution in [-0.4, -0.2) is 9.55 Å². The first kappa shape index (κ1) is 10.9. The summed E-state index contributed by atoms with van der Waals surface area (Å²) in [6, 6.07) is 10.3. The van der Waals surface area contributed by atoms with Crippen molar-refractivity contribution in [1.82, 2.24) is 9.55 Å². The van der Waals surface area contributed by atoms with Gasteiger partial charge in [0.1, 0.15) is 5.82 Å². The lowest BCUT2D eigenvalue weighted by atomic mass is 10.1. The van der Waals surface area contributed by atoms with E-state index in [4.69, 9.17) is 0 Å². The first-order valence-electron chi connectivity index (χ1n) is 5.60. The summed E-state index contributed by atoms with van der Waals surface area (Å²) in [6.45, 7) is 8.71. The fraction of sp³-hybridized carbons (Fsp3) is 0.357. The first-order chi connectivity index (χ1) is 7.50. The van der Waals surface area contributed by atoms with Crippen LogP contribution in [0.15, 0.2) is 36.5 Å². The first-order valence-corrected chi connectivity index (χ1v) is 5.60. The lowest BCUT2D eigenvalue weighted by Gasteiger charge is -2.25. The number of benzene rings is 1. The van der Waals surface area contributed by atoms with Crippen LogP contribution in [0.25, 0.3) is 11.4 Å². The highest BCUT2D eigenvalue weighted by Crippen LogP contribution is 2.26. The van der Waals surface area contributed by atoms with Gasteiger partial charge in [0, 0.05) is 23.0 Å². The summed E-state index contributed by atoms with van der Waals surface area (Å²) >= 11 is 0. The van der Waals surface area contributed by atoms with Crippen molar-refractivity contribution in [3.8, 4) is 11.4 Å². The molecule has 2 nitrogen and oxygen atoms in total. The highest BCUT2D eigenvalue weighted by molar-refractivity contribution is 5.56. The molecule has 0 aliphatic rings. The molecule has 2 rings (SSSR count). The van der Waals surface area contributed by atoms with Gasteiger partial charge in [0.15, 0.2) is 0 Å². The molecular formula is C14H18N2. The fourth-order valence-corrected chi connectivity index (χ4v) is 2.07. The molecule has 0 atom stereocenters. The number of hydrogen-bond acceptors (Lipinski definition) is 1. The maximum Gasteiger partial charge on any atom is 0.140 e. The second kappa shape index (κ2) is 3.78. The molecule has 1 heterocycles. The molecule has 1 aromatic carbocycles. The van der Waals surface area contributed by atoms with Gasteiger partial charge in [0.05, 0.1) is 0 Å². The SMILES string of the molecule is Cc1cnc(-c2ccccc2)n1C(C)(C)C. The second-order valence-corrected chi connectivity index (χ2v) is 5.10. The van der Waals surface area contributed by atoms with E-state index in [-0.39, 0.29) is 5.54 Å². The zero-order chi connectivity index (χ0) is 11.8. The van der Waals surface area contributed by atoms with Crippen molar-refractivity contribution in [3.63, 3.8) is 0 Å². The van der Waals surface area contributed by atoms with Crippen LogP contribution in [0.4, 0.5) is 0 Å². The lowest BCUT2D eigenvalue weighted by Crippen LogP contribution is -2.23. The van der Waals surface area contributed by atoms with Crippen molar-refractivity contribution in [2.75, 3.05) is 0 Å². The van der Waals surface area contributed by atoms with Gasteiger partial charge >= 0.3 is 0 Å². The van der Waals surface area contributed by atoms with Crippen LogP contribution in [-0.2, 0) is 5.54 Å². The molecule has 0 amide bonds. The van der Waals surface area contributed by atoms with Crippen molar-refractivity contribution in [1.29, 1.82) is 0 Å². The van der Waals surface area contributed by atoms with Crippen LogP contribution in [0.2, 0.25) is 0 Å². The van der Waals surface area contributed by atoms with Gasteiger partial charge in [-0.15, -0.1) is 0 Å². The molecule has 0 aliphatic heterocycles. The molecule has 1 aromatic heterocycles. The van der Waals surface area contributed by atoms with Crippen molar-refractivity contribution in [3.05, 3.63) is 42.2 Å². The quantitative estimate of drug-likeness (QED) is 0.709. The van der Waals surface area contributed by atoms with Crippen LogP contribution < -0.4 is 0 Å². The fourth-order valence-electron chi connectivity index (χ4n) is 2.07. The lowest BCUT2D eigenvalue weighted by molar-refractivity contribution is 0.394. The normalized spacial score (nSPS) is 11.8. The molecule has 0 saturated carbocycles. The van der Waals surface area contributed by atoms with Crippen LogP contribution in [0, 0.1) is 6.92 Å². The summed E-state index contributed by atoms with van der Waals surface area (Å²) in [5.41, 5.74) is 2.43. The predicted octanol–water partition coefficient (Wildman–Crippen LogP) is 3.61. The smallest absolute Gasteiger partial charge is 0.140 e. The number of nitrogens with zero attached hydrogens (tertiary/aromatic N) is 2. The summed E-state index contributed by atoms with van der Waals surface area (Å²) in [4.78, 5) is 4.52. The summed E-state index contributed by atoms with van der Waals surface area (Å²) in [5, 5.41) is 0. The van der Waals surface area contributed by atoms with Crippen LogP contribution >= 0.6 is 0 Å². The van der Waals surface area contributed by atoms with Crippen LogP contribution in [0.3, 0.4) is 0 Å². The molecule has 0 fully saturated rings. The predicted molar refractivity (Wildman–Crippen MR) is 67.4 cm³/mol. The minimum atomic E-state index is 0.0613.